The Morgan fingerprint density at radius 3 is 2.62 bits per heavy atom. The third kappa shape index (κ3) is 4.95. The van der Waals surface area contributed by atoms with Crippen molar-refractivity contribution < 1.29 is 9.59 Å². The molecule has 2 aromatic carbocycles. The van der Waals surface area contributed by atoms with Gasteiger partial charge in [-0.3, -0.25) is 9.59 Å². The number of nitrogens with zero attached hydrogens (tertiary/aromatic N) is 3. The van der Waals surface area contributed by atoms with Crippen molar-refractivity contribution in [1.29, 1.82) is 0 Å². The number of amides is 2. The van der Waals surface area contributed by atoms with Crippen molar-refractivity contribution >= 4 is 34.4 Å². The van der Waals surface area contributed by atoms with Gasteiger partial charge in [-0.25, -0.2) is 4.98 Å². The van der Waals surface area contributed by atoms with Crippen LogP contribution in [-0.2, 0) is 17.9 Å². The summed E-state index contributed by atoms with van der Waals surface area (Å²) in [6.07, 6.45) is 2.00. The molecule has 0 spiro atoms. The maximum atomic E-state index is 12.7. The highest BCUT2D eigenvalue weighted by atomic mass is 35.5. The lowest BCUT2D eigenvalue weighted by atomic mass is 10.2. The van der Waals surface area contributed by atoms with Gasteiger partial charge < -0.3 is 14.8 Å². The van der Waals surface area contributed by atoms with Crippen LogP contribution in [0.25, 0.3) is 11.0 Å². The number of fused-ring (bicyclic) bond motifs is 1. The van der Waals surface area contributed by atoms with Crippen molar-refractivity contribution in [2.45, 2.75) is 32.9 Å². The van der Waals surface area contributed by atoms with Gasteiger partial charge in [0.2, 0.25) is 5.91 Å². The van der Waals surface area contributed by atoms with Crippen molar-refractivity contribution in [3.63, 3.8) is 0 Å². The van der Waals surface area contributed by atoms with E-state index in [2.05, 4.69) is 17.2 Å². The highest BCUT2D eigenvalue weighted by molar-refractivity contribution is 6.33. The molecule has 0 atom stereocenters. The van der Waals surface area contributed by atoms with Gasteiger partial charge in [0.05, 0.1) is 28.2 Å². The Balaban J connectivity index is 1.80. The molecule has 0 bridgehead atoms. The van der Waals surface area contributed by atoms with Gasteiger partial charge in [0, 0.05) is 13.6 Å². The first kappa shape index (κ1) is 20.9. The van der Waals surface area contributed by atoms with E-state index in [0.717, 1.165) is 30.4 Å². The number of hydrogen-bond donors (Lipinski definition) is 1. The van der Waals surface area contributed by atoms with E-state index in [-0.39, 0.29) is 24.9 Å². The van der Waals surface area contributed by atoms with Crippen LogP contribution in [0.3, 0.4) is 0 Å². The Bertz CT molecular complexity index is 1010. The number of nitrogens with one attached hydrogen (secondary N) is 1. The van der Waals surface area contributed by atoms with E-state index in [1.54, 1.807) is 29.2 Å². The van der Waals surface area contributed by atoms with E-state index >= 15 is 0 Å². The fourth-order valence-corrected chi connectivity index (χ4v) is 3.33. The summed E-state index contributed by atoms with van der Waals surface area (Å²) in [5.74, 6) is 0.365. The van der Waals surface area contributed by atoms with E-state index in [4.69, 9.17) is 11.6 Å². The van der Waals surface area contributed by atoms with Crippen LogP contribution in [0.15, 0.2) is 48.5 Å². The molecule has 0 aliphatic rings. The lowest BCUT2D eigenvalue weighted by Crippen LogP contribution is -2.32. The van der Waals surface area contributed by atoms with E-state index < -0.39 is 0 Å². The van der Waals surface area contributed by atoms with Crippen LogP contribution >= 0.6 is 11.6 Å². The number of aromatic nitrogens is 2. The molecule has 3 rings (SSSR count). The second kappa shape index (κ2) is 9.56. The molecule has 0 saturated carbocycles. The number of benzene rings is 2. The quantitative estimate of drug-likeness (QED) is 0.610. The van der Waals surface area contributed by atoms with Gasteiger partial charge in [-0.2, -0.15) is 0 Å². The molecule has 6 nitrogen and oxygen atoms in total. The molecule has 0 fully saturated rings. The van der Waals surface area contributed by atoms with E-state index in [1.807, 2.05) is 35.9 Å². The SMILES string of the molecule is CCCCN(C)C(=O)Cn1c(CNC(=O)c2ccccc2Cl)nc2ccccc21. The molecule has 1 N–H and O–H groups in total. The number of hydrogen-bond acceptors (Lipinski definition) is 3. The van der Waals surface area contributed by atoms with Crippen LogP contribution in [0.2, 0.25) is 5.02 Å². The molecule has 0 aliphatic carbocycles. The Morgan fingerprint density at radius 1 is 1.14 bits per heavy atom. The molecule has 3 aromatic rings. The molecule has 1 heterocycles. The normalized spacial score (nSPS) is 10.9. The van der Waals surface area contributed by atoms with Crippen molar-refractivity contribution in [1.82, 2.24) is 19.8 Å². The maximum absolute atomic E-state index is 12.7. The standard InChI is InChI=1S/C22H25ClN4O2/c1-3-4-13-26(2)21(28)15-27-19-12-8-7-11-18(19)25-20(27)14-24-22(29)16-9-5-6-10-17(16)23/h5-12H,3-4,13-15H2,1-2H3,(H,24,29). The molecule has 29 heavy (non-hydrogen) atoms. The number of carbonyl (C=O) groups excluding carboxylic acids is 2. The summed E-state index contributed by atoms with van der Waals surface area (Å²) in [7, 11) is 1.82. The van der Waals surface area contributed by atoms with Crippen LogP contribution in [-0.4, -0.2) is 39.9 Å². The second-order valence-corrected chi connectivity index (χ2v) is 7.34. The van der Waals surface area contributed by atoms with Gasteiger partial charge in [0.25, 0.3) is 5.91 Å². The first-order valence-corrected chi connectivity index (χ1v) is 10.1. The lowest BCUT2D eigenvalue weighted by molar-refractivity contribution is -0.130. The molecule has 0 aliphatic heterocycles. The molecular formula is C22H25ClN4O2. The summed E-state index contributed by atoms with van der Waals surface area (Å²) < 4.78 is 1.87. The topological polar surface area (TPSA) is 67.2 Å². The number of imidazole rings is 1. The number of halogens is 1. The van der Waals surface area contributed by atoms with Crippen LogP contribution in [0.1, 0.15) is 35.9 Å². The van der Waals surface area contributed by atoms with Gasteiger partial charge in [-0.05, 0) is 30.7 Å². The molecule has 7 heteroatoms. The van der Waals surface area contributed by atoms with Crippen molar-refractivity contribution in [3.8, 4) is 0 Å². The Labute approximate surface area is 175 Å². The predicted octanol–water partition coefficient (Wildman–Crippen LogP) is 3.88. The maximum Gasteiger partial charge on any atom is 0.253 e. The first-order valence-electron chi connectivity index (χ1n) is 9.72. The zero-order valence-corrected chi connectivity index (χ0v) is 17.4. The minimum atomic E-state index is -0.277. The van der Waals surface area contributed by atoms with Crippen molar-refractivity contribution in [2.75, 3.05) is 13.6 Å². The monoisotopic (exact) mass is 412 g/mol. The van der Waals surface area contributed by atoms with Gasteiger partial charge >= 0.3 is 0 Å². The smallest absolute Gasteiger partial charge is 0.253 e. The van der Waals surface area contributed by atoms with Crippen LogP contribution < -0.4 is 5.32 Å². The highest BCUT2D eigenvalue weighted by Gasteiger charge is 2.17. The molecule has 152 valence electrons. The van der Waals surface area contributed by atoms with E-state index in [9.17, 15) is 9.59 Å². The van der Waals surface area contributed by atoms with E-state index in [1.165, 1.54) is 0 Å². The summed E-state index contributed by atoms with van der Waals surface area (Å²) in [5.41, 5.74) is 2.07. The zero-order chi connectivity index (χ0) is 20.8. The molecule has 2 amide bonds. The number of carbonyl (C=O) groups is 2. The fourth-order valence-electron chi connectivity index (χ4n) is 3.11. The Morgan fingerprint density at radius 2 is 1.86 bits per heavy atom. The summed E-state index contributed by atoms with van der Waals surface area (Å²) in [6.45, 7) is 3.20. The average molecular weight is 413 g/mol. The van der Waals surface area contributed by atoms with Gasteiger partial charge in [0.15, 0.2) is 0 Å². The van der Waals surface area contributed by atoms with Crippen molar-refractivity contribution in [2.24, 2.45) is 0 Å². The predicted molar refractivity (Wildman–Crippen MR) is 115 cm³/mol. The molecule has 1 aromatic heterocycles. The number of para-hydroxylation sites is 2. The molecule has 0 unspecified atom stereocenters. The van der Waals surface area contributed by atoms with Crippen LogP contribution in [0.5, 0.6) is 0 Å². The Hall–Kier alpha value is -2.86. The lowest BCUT2D eigenvalue weighted by Gasteiger charge is -2.18. The second-order valence-electron chi connectivity index (χ2n) is 6.93. The Kier molecular flexibility index (Phi) is 6.88. The average Bonchev–Trinajstić information content (AvgIpc) is 3.08. The highest BCUT2D eigenvalue weighted by Crippen LogP contribution is 2.18. The summed E-state index contributed by atoms with van der Waals surface area (Å²) in [4.78, 5) is 31.6. The minimum Gasteiger partial charge on any atom is -0.345 e. The summed E-state index contributed by atoms with van der Waals surface area (Å²) in [6, 6.07) is 14.5. The van der Waals surface area contributed by atoms with Crippen LogP contribution in [0, 0.1) is 0 Å². The minimum absolute atomic E-state index is 0.0142. The number of likely N-dealkylation sites (N-methyl/N-ethyl adjacent to an activating group) is 1. The summed E-state index contributed by atoms with van der Waals surface area (Å²) >= 11 is 6.11. The van der Waals surface area contributed by atoms with Crippen LogP contribution in [0.4, 0.5) is 0 Å². The van der Waals surface area contributed by atoms with Gasteiger partial charge in [-0.1, -0.05) is 49.2 Å². The summed E-state index contributed by atoms with van der Waals surface area (Å²) in [5, 5.41) is 3.26. The fraction of sp³-hybridized carbons (Fsp3) is 0.318. The van der Waals surface area contributed by atoms with E-state index in [0.29, 0.717) is 16.4 Å². The molecule has 0 saturated heterocycles. The molecular weight excluding hydrogens is 388 g/mol. The van der Waals surface area contributed by atoms with Crippen molar-refractivity contribution in [3.05, 3.63) is 64.9 Å². The third-order valence-electron chi connectivity index (χ3n) is 4.83. The zero-order valence-electron chi connectivity index (χ0n) is 16.7. The third-order valence-corrected chi connectivity index (χ3v) is 5.15. The van der Waals surface area contributed by atoms with Gasteiger partial charge in [-0.15, -0.1) is 0 Å². The largest absolute Gasteiger partial charge is 0.345 e. The number of rotatable bonds is 8. The van der Waals surface area contributed by atoms with Gasteiger partial charge in [0.1, 0.15) is 12.4 Å². The molecule has 0 radical (unpaired) electrons. The first-order chi connectivity index (χ1) is 14.0. The number of unbranched alkanes of at least 4 members (excludes halogenated alkanes) is 1.